The molecule has 4 N–H and O–H groups in total. The van der Waals surface area contributed by atoms with Gasteiger partial charge in [0.05, 0.1) is 22.7 Å². The third kappa shape index (κ3) is 3.18. The number of hydrogen-bond acceptors (Lipinski definition) is 7. The Balaban J connectivity index is 1.99. The van der Waals surface area contributed by atoms with E-state index >= 15 is 0 Å². The highest BCUT2D eigenvalue weighted by molar-refractivity contribution is 7.90. The van der Waals surface area contributed by atoms with Crippen molar-refractivity contribution in [2.75, 3.05) is 6.54 Å². The van der Waals surface area contributed by atoms with E-state index in [-0.39, 0.29) is 23.6 Å². The van der Waals surface area contributed by atoms with Crippen molar-refractivity contribution < 1.29 is 21.6 Å². The summed E-state index contributed by atoms with van der Waals surface area (Å²) in [6, 6.07) is 0. The molecule has 1 aromatic rings. The predicted octanol–water partition coefficient (Wildman–Crippen LogP) is 0.658. The van der Waals surface area contributed by atoms with Crippen LogP contribution in [0, 0.1) is 6.92 Å². The molecule has 0 saturated heterocycles. The predicted molar refractivity (Wildman–Crippen MR) is 88.6 cm³/mol. The van der Waals surface area contributed by atoms with Crippen molar-refractivity contribution in [1.29, 1.82) is 0 Å². The first-order valence-electron chi connectivity index (χ1n) is 7.98. The minimum atomic E-state index is -4.62. The quantitative estimate of drug-likeness (QED) is 0.678. The molecule has 1 aliphatic heterocycles. The van der Waals surface area contributed by atoms with Gasteiger partial charge in [-0.15, -0.1) is 0 Å². The SMILES string of the molecule is CCNC1=C(C(F)(F)F)C=NC(N)(c2cn(S(=O)(=O)C3CC3)nc2C)N1. The smallest absolute Gasteiger partial charge is 0.372 e. The van der Waals surface area contributed by atoms with Gasteiger partial charge in [0.2, 0.25) is 5.79 Å². The van der Waals surface area contributed by atoms with Gasteiger partial charge in [-0.2, -0.15) is 22.4 Å². The first-order valence-corrected chi connectivity index (χ1v) is 9.48. The Hall–Kier alpha value is -2.08. The summed E-state index contributed by atoms with van der Waals surface area (Å²) in [6.45, 7) is 3.38. The van der Waals surface area contributed by atoms with Crippen molar-refractivity contribution in [2.24, 2.45) is 10.7 Å². The fraction of sp³-hybridized carbons (Fsp3) is 0.571. The summed E-state index contributed by atoms with van der Waals surface area (Å²) in [6.07, 6.45) is -1.66. The summed E-state index contributed by atoms with van der Waals surface area (Å²) >= 11 is 0. The van der Waals surface area contributed by atoms with Crippen molar-refractivity contribution >= 4 is 16.2 Å². The van der Waals surface area contributed by atoms with Crippen LogP contribution < -0.4 is 16.4 Å². The number of nitrogens with two attached hydrogens (primary N) is 1. The Labute approximate surface area is 148 Å². The third-order valence-corrected chi connectivity index (χ3v) is 6.16. The van der Waals surface area contributed by atoms with Gasteiger partial charge in [0.1, 0.15) is 11.4 Å². The molecule has 2 aliphatic rings. The van der Waals surface area contributed by atoms with E-state index in [1.165, 1.54) is 13.1 Å². The molecular formula is C14H19F3N6O2S. The van der Waals surface area contributed by atoms with E-state index < -0.39 is 32.8 Å². The highest BCUT2D eigenvalue weighted by Crippen LogP contribution is 2.33. The van der Waals surface area contributed by atoms with Crippen LogP contribution in [-0.4, -0.2) is 41.8 Å². The van der Waals surface area contributed by atoms with Gasteiger partial charge in [-0.1, -0.05) is 0 Å². The monoisotopic (exact) mass is 392 g/mol. The molecule has 1 fully saturated rings. The van der Waals surface area contributed by atoms with Crippen LogP contribution in [0.3, 0.4) is 0 Å². The third-order valence-electron chi connectivity index (χ3n) is 4.14. The van der Waals surface area contributed by atoms with E-state index in [4.69, 9.17) is 5.73 Å². The summed E-state index contributed by atoms with van der Waals surface area (Å²) in [5, 5.41) is 8.61. The molecule has 2 heterocycles. The molecule has 8 nitrogen and oxygen atoms in total. The number of halogens is 3. The average molecular weight is 392 g/mol. The molecule has 0 spiro atoms. The van der Waals surface area contributed by atoms with Crippen molar-refractivity contribution in [1.82, 2.24) is 19.8 Å². The lowest BCUT2D eigenvalue weighted by Crippen LogP contribution is -2.54. The molecule has 0 amide bonds. The highest BCUT2D eigenvalue weighted by atomic mass is 32.2. The fourth-order valence-electron chi connectivity index (χ4n) is 2.65. The largest absolute Gasteiger partial charge is 0.421 e. The molecule has 1 unspecified atom stereocenters. The summed E-state index contributed by atoms with van der Waals surface area (Å²) in [7, 11) is -3.63. The molecule has 1 aromatic heterocycles. The normalized spacial score (nSPS) is 23.9. The van der Waals surface area contributed by atoms with E-state index in [9.17, 15) is 21.6 Å². The molecule has 0 radical (unpaired) electrons. The number of nitrogens with one attached hydrogen (secondary N) is 2. The molecule has 0 bridgehead atoms. The van der Waals surface area contributed by atoms with Gasteiger partial charge in [-0.05, 0) is 26.7 Å². The van der Waals surface area contributed by atoms with Crippen LogP contribution in [0.1, 0.15) is 31.0 Å². The maximum Gasteiger partial charge on any atom is 0.421 e. The van der Waals surface area contributed by atoms with Crippen LogP contribution in [0.25, 0.3) is 0 Å². The Morgan fingerprint density at radius 1 is 1.46 bits per heavy atom. The van der Waals surface area contributed by atoms with Crippen molar-refractivity contribution in [3.63, 3.8) is 0 Å². The maximum absolute atomic E-state index is 13.1. The maximum atomic E-state index is 13.1. The number of aryl methyl sites for hydroxylation is 1. The summed E-state index contributed by atoms with van der Waals surface area (Å²) in [4.78, 5) is 3.80. The van der Waals surface area contributed by atoms with Gasteiger partial charge in [0.25, 0.3) is 10.0 Å². The molecule has 1 atom stereocenters. The Kier molecular flexibility index (Phi) is 4.30. The molecule has 1 aliphatic carbocycles. The zero-order valence-corrected chi connectivity index (χ0v) is 14.9. The van der Waals surface area contributed by atoms with Crippen LogP contribution in [0.4, 0.5) is 13.2 Å². The van der Waals surface area contributed by atoms with Gasteiger partial charge in [-0.25, -0.2) is 13.4 Å². The Bertz CT molecular complexity index is 885. The van der Waals surface area contributed by atoms with Crippen LogP contribution in [0.5, 0.6) is 0 Å². The van der Waals surface area contributed by atoms with E-state index in [1.54, 1.807) is 6.92 Å². The molecule has 1 saturated carbocycles. The van der Waals surface area contributed by atoms with Crippen LogP contribution in [0.15, 0.2) is 22.6 Å². The van der Waals surface area contributed by atoms with E-state index in [0.29, 0.717) is 19.1 Å². The first-order chi connectivity index (χ1) is 12.0. The van der Waals surface area contributed by atoms with Crippen molar-refractivity contribution in [3.8, 4) is 0 Å². The summed E-state index contributed by atoms with van der Waals surface area (Å²) in [5.41, 5.74) is 5.60. The second kappa shape index (κ2) is 5.98. The molecular weight excluding hydrogens is 373 g/mol. The van der Waals surface area contributed by atoms with Gasteiger partial charge in [-0.3, -0.25) is 5.73 Å². The molecule has 3 rings (SSSR count). The lowest BCUT2D eigenvalue weighted by Gasteiger charge is -2.33. The number of allylic oxidation sites excluding steroid dienone is 1. The van der Waals surface area contributed by atoms with Crippen molar-refractivity contribution in [3.05, 3.63) is 28.8 Å². The first kappa shape index (κ1) is 18.7. The fourth-order valence-corrected chi connectivity index (χ4v) is 4.17. The van der Waals surface area contributed by atoms with E-state index in [0.717, 1.165) is 4.09 Å². The summed E-state index contributed by atoms with van der Waals surface area (Å²) < 4.78 is 64.9. The van der Waals surface area contributed by atoms with Gasteiger partial charge >= 0.3 is 6.18 Å². The number of nitrogens with zero attached hydrogens (tertiary/aromatic N) is 3. The lowest BCUT2D eigenvalue weighted by atomic mass is 10.1. The van der Waals surface area contributed by atoms with E-state index in [1.807, 2.05) is 0 Å². The number of aliphatic imine (C=N–C) groups is 1. The lowest BCUT2D eigenvalue weighted by molar-refractivity contribution is -0.0876. The minimum Gasteiger partial charge on any atom is -0.372 e. The Morgan fingerprint density at radius 3 is 2.65 bits per heavy atom. The van der Waals surface area contributed by atoms with E-state index in [2.05, 4.69) is 20.7 Å². The number of rotatable bonds is 5. The molecule has 26 heavy (non-hydrogen) atoms. The number of aromatic nitrogens is 2. The molecule has 12 heteroatoms. The van der Waals surface area contributed by atoms with Crippen LogP contribution >= 0.6 is 0 Å². The topological polar surface area (TPSA) is 114 Å². The highest BCUT2D eigenvalue weighted by Gasteiger charge is 2.43. The zero-order chi connectivity index (χ0) is 19.3. The Morgan fingerprint density at radius 2 is 2.12 bits per heavy atom. The van der Waals surface area contributed by atoms with Gasteiger partial charge in [0.15, 0.2) is 0 Å². The van der Waals surface area contributed by atoms with Crippen molar-refractivity contribution in [2.45, 2.75) is 43.9 Å². The van der Waals surface area contributed by atoms with Crippen LogP contribution in [-0.2, 0) is 15.8 Å². The number of alkyl halides is 3. The van der Waals surface area contributed by atoms with Gasteiger partial charge < -0.3 is 10.6 Å². The molecule has 144 valence electrons. The second-order valence-electron chi connectivity index (χ2n) is 6.21. The van der Waals surface area contributed by atoms with Crippen LogP contribution in [0.2, 0.25) is 0 Å². The number of hydrogen-bond donors (Lipinski definition) is 3. The zero-order valence-electron chi connectivity index (χ0n) is 14.1. The minimum absolute atomic E-state index is 0.176. The average Bonchev–Trinajstić information content (AvgIpc) is 3.29. The standard InChI is InChI=1S/C14H19F3N6O2S/c1-3-19-12-10(13(15,16)17)6-20-14(18,21-12)11-7-23(22-8(11)2)26(24,25)9-4-5-9/h6-7,9,19,21H,3-5,18H2,1-2H3. The van der Waals surface area contributed by atoms with Gasteiger partial charge in [0, 0.05) is 12.8 Å². The summed E-state index contributed by atoms with van der Waals surface area (Å²) in [5.74, 6) is -2.09. The molecule has 0 aromatic carbocycles. The second-order valence-corrected chi connectivity index (χ2v) is 8.28.